The second-order valence-corrected chi connectivity index (χ2v) is 6.63. The van der Waals surface area contributed by atoms with Crippen molar-refractivity contribution in [2.75, 3.05) is 31.1 Å². The van der Waals surface area contributed by atoms with Gasteiger partial charge in [-0.1, -0.05) is 60.7 Å². The van der Waals surface area contributed by atoms with E-state index < -0.39 is 0 Å². The van der Waals surface area contributed by atoms with Crippen molar-refractivity contribution in [3.8, 4) is 0 Å². The van der Waals surface area contributed by atoms with Crippen molar-refractivity contribution in [2.45, 2.75) is 13.1 Å². The van der Waals surface area contributed by atoms with Gasteiger partial charge >= 0.3 is 0 Å². The second kappa shape index (κ2) is 7.53. The Kier molecular flexibility index (Phi) is 4.79. The lowest BCUT2D eigenvalue weighted by Gasteiger charge is -2.35. The molecule has 0 unspecified atom stereocenters. The van der Waals surface area contributed by atoms with E-state index in [-0.39, 0.29) is 0 Å². The molecule has 2 heterocycles. The molecule has 1 aliphatic rings. The summed E-state index contributed by atoms with van der Waals surface area (Å²) in [7, 11) is 0. The Labute approximate surface area is 149 Å². The molecule has 0 atom stereocenters. The zero-order valence-corrected chi connectivity index (χ0v) is 14.5. The average Bonchev–Trinajstić information content (AvgIpc) is 3.12. The van der Waals surface area contributed by atoms with Crippen LogP contribution in [0.2, 0.25) is 0 Å². The van der Waals surface area contributed by atoms with Crippen molar-refractivity contribution in [3.05, 3.63) is 84.2 Å². The molecular weight excluding hydrogens is 308 g/mol. The number of benzene rings is 2. The predicted molar refractivity (Wildman–Crippen MR) is 102 cm³/mol. The minimum Gasteiger partial charge on any atom is -0.366 e. The highest BCUT2D eigenvalue weighted by molar-refractivity contribution is 5.43. The summed E-state index contributed by atoms with van der Waals surface area (Å²) in [6.07, 6.45) is 4.16. The van der Waals surface area contributed by atoms with E-state index in [9.17, 15) is 0 Å². The molecule has 3 aromatic rings. The van der Waals surface area contributed by atoms with Gasteiger partial charge in [0, 0.05) is 38.9 Å². The topological polar surface area (TPSA) is 24.3 Å². The summed E-state index contributed by atoms with van der Waals surface area (Å²) in [6.45, 7) is 6.18. The Bertz CT molecular complexity index is 774. The molecular formula is C21H24N4. The smallest absolute Gasteiger partial charge is 0.0753 e. The third-order valence-electron chi connectivity index (χ3n) is 4.79. The number of hydrogen-bond acceptors (Lipinski definition) is 3. The van der Waals surface area contributed by atoms with Gasteiger partial charge in [-0.05, 0) is 11.1 Å². The fourth-order valence-corrected chi connectivity index (χ4v) is 3.38. The van der Waals surface area contributed by atoms with Gasteiger partial charge in [0.15, 0.2) is 0 Å². The highest BCUT2D eigenvalue weighted by atomic mass is 15.3. The second-order valence-electron chi connectivity index (χ2n) is 6.63. The van der Waals surface area contributed by atoms with Crippen LogP contribution in [0.5, 0.6) is 0 Å². The minimum atomic E-state index is 0.828. The van der Waals surface area contributed by atoms with E-state index in [4.69, 9.17) is 0 Å². The predicted octanol–water partition coefficient (Wildman–Crippen LogP) is 3.25. The summed E-state index contributed by atoms with van der Waals surface area (Å²) in [5.74, 6) is 0. The van der Waals surface area contributed by atoms with Gasteiger partial charge in [-0.3, -0.25) is 9.58 Å². The van der Waals surface area contributed by atoms with Crippen molar-refractivity contribution in [2.24, 2.45) is 0 Å². The Balaban J connectivity index is 1.32. The molecule has 4 heteroatoms. The summed E-state index contributed by atoms with van der Waals surface area (Å²) in [6, 6.07) is 21.2. The van der Waals surface area contributed by atoms with E-state index in [1.807, 2.05) is 16.9 Å². The third kappa shape index (κ3) is 4.09. The maximum absolute atomic E-state index is 4.53. The van der Waals surface area contributed by atoms with Crippen LogP contribution >= 0.6 is 0 Å². The number of piperazine rings is 1. The van der Waals surface area contributed by atoms with E-state index in [1.54, 1.807) is 0 Å². The zero-order valence-electron chi connectivity index (χ0n) is 14.5. The van der Waals surface area contributed by atoms with Crippen molar-refractivity contribution in [3.63, 3.8) is 0 Å². The third-order valence-corrected chi connectivity index (χ3v) is 4.79. The zero-order chi connectivity index (χ0) is 16.9. The van der Waals surface area contributed by atoms with Gasteiger partial charge in [0.05, 0.1) is 18.4 Å². The normalized spacial score (nSPS) is 15.4. The number of anilines is 1. The fraction of sp³-hybridized carbons (Fsp3) is 0.286. The lowest BCUT2D eigenvalue weighted by Crippen LogP contribution is -2.45. The molecule has 0 aliphatic carbocycles. The van der Waals surface area contributed by atoms with E-state index in [0.29, 0.717) is 0 Å². The monoisotopic (exact) mass is 332 g/mol. The molecule has 1 aromatic heterocycles. The van der Waals surface area contributed by atoms with Gasteiger partial charge in [-0.25, -0.2) is 0 Å². The van der Waals surface area contributed by atoms with Crippen LogP contribution < -0.4 is 4.90 Å². The van der Waals surface area contributed by atoms with E-state index in [1.165, 1.54) is 16.8 Å². The van der Waals surface area contributed by atoms with Crippen molar-refractivity contribution in [1.82, 2.24) is 14.7 Å². The molecule has 1 saturated heterocycles. The number of nitrogens with zero attached hydrogens (tertiary/aromatic N) is 4. The lowest BCUT2D eigenvalue weighted by molar-refractivity contribution is 0.250. The van der Waals surface area contributed by atoms with Crippen molar-refractivity contribution < 1.29 is 0 Å². The molecule has 1 aliphatic heterocycles. The Morgan fingerprint density at radius 3 is 1.96 bits per heavy atom. The first-order chi connectivity index (χ1) is 12.4. The highest BCUT2D eigenvalue weighted by Crippen LogP contribution is 2.17. The Morgan fingerprint density at radius 2 is 1.32 bits per heavy atom. The molecule has 0 amide bonds. The summed E-state index contributed by atoms with van der Waals surface area (Å²) in [5, 5.41) is 4.53. The molecule has 0 saturated carbocycles. The van der Waals surface area contributed by atoms with E-state index >= 15 is 0 Å². The molecule has 1 fully saturated rings. The van der Waals surface area contributed by atoms with Crippen LogP contribution in [0, 0.1) is 0 Å². The molecule has 0 N–H and O–H groups in total. The van der Waals surface area contributed by atoms with Gasteiger partial charge in [-0.15, -0.1) is 0 Å². The minimum absolute atomic E-state index is 0.828. The van der Waals surface area contributed by atoms with E-state index in [0.717, 1.165) is 39.3 Å². The SMILES string of the molecule is c1ccc(CN2CCN(c3cnn(Cc4ccccc4)c3)CC2)cc1. The molecule has 0 bridgehead atoms. The summed E-state index contributed by atoms with van der Waals surface area (Å²) in [4.78, 5) is 4.97. The molecule has 4 rings (SSSR count). The summed E-state index contributed by atoms with van der Waals surface area (Å²) in [5.41, 5.74) is 3.91. The highest BCUT2D eigenvalue weighted by Gasteiger charge is 2.18. The van der Waals surface area contributed by atoms with Crippen molar-refractivity contribution in [1.29, 1.82) is 0 Å². The van der Waals surface area contributed by atoms with Crippen LogP contribution in [0.1, 0.15) is 11.1 Å². The van der Waals surface area contributed by atoms with Gasteiger partial charge in [-0.2, -0.15) is 5.10 Å². The Hall–Kier alpha value is -2.59. The van der Waals surface area contributed by atoms with Crippen LogP contribution in [0.4, 0.5) is 5.69 Å². The molecule has 4 nitrogen and oxygen atoms in total. The quantitative estimate of drug-likeness (QED) is 0.717. The molecule has 128 valence electrons. The van der Waals surface area contributed by atoms with Crippen LogP contribution in [0.25, 0.3) is 0 Å². The maximum atomic E-state index is 4.53. The lowest BCUT2D eigenvalue weighted by atomic mass is 10.2. The standard InChI is InChI=1S/C21H24N4/c1-3-7-19(8-4-1)16-23-11-13-24(14-12-23)21-15-22-25(18-21)17-20-9-5-2-6-10-20/h1-10,15,18H,11-14,16-17H2. The van der Waals surface area contributed by atoms with Gasteiger partial charge in [0.1, 0.15) is 0 Å². The number of aromatic nitrogens is 2. The number of rotatable bonds is 5. The number of hydrogen-bond donors (Lipinski definition) is 0. The molecule has 2 aromatic carbocycles. The largest absolute Gasteiger partial charge is 0.366 e. The first-order valence-electron chi connectivity index (χ1n) is 8.94. The fourth-order valence-electron chi connectivity index (χ4n) is 3.38. The average molecular weight is 332 g/mol. The van der Waals surface area contributed by atoms with E-state index in [2.05, 4.69) is 75.7 Å². The van der Waals surface area contributed by atoms with Crippen LogP contribution in [-0.2, 0) is 13.1 Å². The van der Waals surface area contributed by atoms with Gasteiger partial charge in [0.25, 0.3) is 0 Å². The van der Waals surface area contributed by atoms with Crippen molar-refractivity contribution >= 4 is 5.69 Å². The first kappa shape index (κ1) is 15.9. The van der Waals surface area contributed by atoms with Crippen LogP contribution in [0.3, 0.4) is 0 Å². The van der Waals surface area contributed by atoms with Gasteiger partial charge in [0.2, 0.25) is 0 Å². The summed E-state index contributed by atoms with van der Waals surface area (Å²) < 4.78 is 2.03. The molecule has 0 radical (unpaired) electrons. The van der Waals surface area contributed by atoms with Gasteiger partial charge < -0.3 is 4.90 Å². The van der Waals surface area contributed by atoms with Crippen LogP contribution in [0.15, 0.2) is 73.1 Å². The molecule has 25 heavy (non-hydrogen) atoms. The first-order valence-corrected chi connectivity index (χ1v) is 8.94. The summed E-state index contributed by atoms with van der Waals surface area (Å²) >= 11 is 0. The Morgan fingerprint density at radius 1 is 0.720 bits per heavy atom. The molecule has 0 spiro atoms. The van der Waals surface area contributed by atoms with Crippen LogP contribution in [-0.4, -0.2) is 40.9 Å². The maximum Gasteiger partial charge on any atom is 0.0753 e.